The molecule has 0 saturated carbocycles. The number of rotatable bonds is 9. The minimum atomic E-state index is 0.389. The van der Waals surface area contributed by atoms with Crippen LogP contribution in [0.25, 0.3) is 9.53 Å². The summed E-state index contributed by atoms with van der Waals surface area (Å²) in [5, 5.41) is 18.0. The first kappa shape index (κ1) is 26.1. The molecule has 1 atom stereocenters. The van der Waals surface area contributed by atoms with Gasteiger partial charge < -0.3 is 4.90 Å². The standard InChI is InChI=1S/C28H34N6S2/c1-19(18-28(2,3)4)7-16-24-17-25-26(35-24)29-27(36-25)33-32-21-10-8-20(9-11-21)30-31-22-12-14-23(15-13-22)34(5)6/h8-15,17,19H,7,16,18H2,1-6H3. The van der Waals surface area contributed by atoms with Crippen LogP contribution in [0.1, 0.15) is 45.4 Å². The highest BCUT2D eigenvalue weighted by atomic mass is 32.1. The van der Waals surface area contributed by atoms with E-state index < -0.39 is 0 Å². The summed E-state index contributed by atoms with van der Waals surface area (Å²) in [6, 6.07) is 17.8. The summed E-state index contributed by atoms with van der Waals surface area (Å²) in [6.07, 6.45) is 3.59. The van der Waals surface area contributed by atoms with E-state index in [-0.39, 0.29) is 0 Å². The SMILES string of the molecule is CC(CCc1cc2sc(N=Nc3ccc(N=Nc4ccc(N(C)C)cc4)cc3)nc2s1)CC(C)(C)C. The molecule has 2 aromatic carbocycles. The van der Waals surface area contributed by atoms with E-state index >= 15 is 0 Å². The van der Waals surface area contributed by atoms with Crippen LogP contribution in [-0.4, -0.2) is 19.1 Å². The molecular weight excluding hydrogens is 484 g/mol. The molecule has 0 radical (unpaired) electrons. The van der Waals surface area contributed by atoms with Crippen LogP contribution in [0.3, 0.4) is 0 Å². The van der Waals surface area contributed by atoms with Gasteiger partial charge in [0, 0.05) is 24.7 Å². The van der Waals surface area contributed by atoms with Gasteiger partial charge in [-0.25, -0.2) is 4.98 Å². The van der Waals surface area contributed by atoms with Crippen molar-refractivity contribution in [2.45, 2.75) is 47.0 Å². The molecule has 2 heterocycles. The third-order valence-electron chi connectivity index (χ3n) is 5.72. The van der Waals surface area contributed by atoms with Crippen LogP contribution in [0, 0.1) is 11.3 Å². The van der Waals surface area contributed by atoms with E-state index in [9.17, 15) is 0 Å². The maximum Gasteiger partial charge on any atom is 0.231 e. The van der Waals surface area contributed by atoms with E-state index in [1.54, 1.807) is 22.7 Å². The minimum absolute atomic E-state index is 0.389. The summed E-state index contributed by atoms with van der Waals surface area (Å²) >= 11 is 3.38. The quantitative estimate of drug-likeness (QED) is 0.207. The lowest BCUT2D eigenvalue weighted by atomic mass is 9.83. The monoisotopic (exact) mass is 518 g/mol. The first-order valence-corrected chi connectivity index (χ1v) is 13.9. The fourth-order valence-electron chi connectivity index (χ4n) is 4.09. The van der Waals surface area contributed by atoms with E-state index in [2.05, 4.69) is 64.1 Å². The highest BCUT2D eigenvalue weighted by Gasteiger charge is 2.16. The molecule has 4 rings (SSSR count). The Morgan fingerprint density at radius 2 is 1.39 bits per heavy atom. The molecule has 2 aromatic heterocycles. The summed E-state index contributed by atoms with van der Waals surface area (Å²) in [5.74, 6) is 0.727. The van der Waals surface area contributed by atoms with Crippen LogP contribution in [0.2, 0.25) is 0 Å². The van der Waals surface area contributed by atoms with Crippen molar-refractivity contribution >= 4 is 60.1 Å². The summed E-state index contributed by atoms with van der Waals surface area (Å²) < 4.78 is 1.20. The molecule has 6 nitrogen and oxygen atoms in total. The summed E-state index contributed by atoms with van der Waals surface area (Å²) in [5.41, 5.74) is 3.86. The number of thiophene rings is 1. The fraction of sp³-hybridized carbons (Fsp3) is 0.393. The van der Waals surface area contributed by atoms with Crippen molar-refractivity contribution in [3.05, 3.63) is 59.5 Å². The Balaban J connectivity index is 1.32. The normalized spacial score (nSPS) is 13.3. The second-order valence-electron chi connectivity index (χ2n) is 10.6. The molecule has 1 unspecified atom stereocenters. The molecule has 36 heavy (non-hydrogen) atoms. The molecule has 0 bridgehead atoms. The fourth-order valence-corrected chi connectivity index (χ4v) is 6.16. The second-order valence-corrected chi connectivity index (χ2v) is 12.7. The Kier molecular flexibility index (Phi) is 8.26. The Labute approximate surface area is 221 Å². The third-order valence-corrected chi connectivity index (χ3v) is 7.83. The first-order valence-electron chi connectivity index (χ1n) is 12.2. The van der Waals surface area contributed by atoms with Crippen molar-refractivity contribution in [3.8, 4) is 0 Å². The van der Waals surface area contributed by atoms with Crippen LogP contribution in [0.15, 0.2) is 75.1 Å². The van der Waals surface area contributed by atoms with Gasteiger partial charge in [0.25, 0.3) is 0 Å². The molecule has 4 aromatic rings. The van der Waals surface area contributed by atoms with Gasteiger partial charge in [-0.3, -0.25) is 0 Å². The number of hydrogen-bond acceptors (Lipinski definition) is 8. The minimum Gasteiger partial charge on any atom is -0.378 e. The molecule has 0 N–H and O–H groups in total. The van der Waals surface area contributed by atoms with Crippen molar-refractivity contribution in [2.75, 3.05) is 19.0 Å². The third kappa shape index (κ3) is 7.51. The topological polar surface area (TPSA) is 65.6 Å². The lowest BCUT2D eigenvalue weighted by molar-refractivity contribution is 0.297. The molecular formula is C28H34N6S2. The molecule has 0 amide bonds. The van der Waals surface area contributed by atoms with E-state index in [1.165, 1.54) is 22.4 Å². The Morgan fingerprint density at radius 1 is 0.833 bits per heavy atom. The average Bonchev–Trinajstić information content (AvgIpc) is 3.38. The lowest BCUT2D eigenvalue weighted by Crippen LogP contribution is -2.11. The van der Waals surface area contributed by atoms with Gasteiger partial charge in [-0.1, -0.05) is 39.0 Å². The lowest BCUT2D eigenvalue weighted by Gasteiger charge is -2.22. The molecule has 0 spiro atoms. The number of hydrogen-bond donors (Lipinski definition) is 0. The second kappa shape index (κ2) is 11.4. The maximum absolute atomic E-state index is 4.67. The van der Waals surface area contributed by atoms with Gasteiger partial charge in [0.15, 0.2) is 0 Å². The van der Waals surface area contributed by atoms with Gasteiger partial charge in [0.2, 0.25) is 5.13 Å². The van der Waals surface area contributed by atoms with Crippen LogP contribution in [0.4, 0.5) is 27.9 Å². The van der Waals surface area contributed by atoms with Crippen LogP contribution >= 0.6 is 22.7 Å². The average molecular weight is 519 g/mol. The molecule has 0 aliphatic heterocycles. The summed E-state index contributed by atoms with van der Waals surface area (Å²) in [4.78, 5) is 9.19. The van der Waals surface area contributed by atoms with Crippen molar-refractivity contribution in [1.29, 1.82) is 0 Å². The van der Waals surface area contributed by atoms with Gasteiger partial charge in [-0.2, -0.15) is 10.2 Å². The predicted molar refractivity (Wildman–Crippen MR) is 155 cm³/mol. The number of aromatic nitrogens is 1. The Hall–Kier alpha value is -2.97. The Bertz CT molecular complexity index is 1290. The van der Waals surface area contributed by atoms with Crippen molar-refractivity contribution < 1.29 is 0 Å². The number of fused-ring (bicyclic) bond motifs is 1. The highest BCUT2D eigenvalue weighted by Crippen LogP contribution is 2.36. The number of benzene rings is 2. The van der Waals surface area contributed by atoms with Gasteiger partial charge in [-0.05, 0) is 85.2 Å². The summed E-state index contributed by atoms with van der Waals surface area (Å²) in [7, 11) is 4.03. The van der Waals surface area contributed by atoms with Crippen LogP contribution in [-0.2, 0) is 6.42 Å². The van der Waals surface area contributed by atoms with Crippen molar-refractivity contribution in [2.24, 2.45) is 31.8 Å². The molecule has 0 aliphatic rings. The van der Waals surface area contributed by atoms with Gasteiger partial charge >= 0.3 is 0 Å². The van der Waals surface area contributed by atoms with Crippen LogP contribution in [0.5, 0.6) is 0 Å². The van der Waals surface area contributed by atoms with E-state index in [0.29, 0.717) is 10.5 Å². The highest BCUT2D eigenvalue weighted by molar-refractivity contribution is 7.28. The van der Waals surface area contributed by atoms with Crippen LogP contribution < -0.4 is 4.90 Å². The maximum atomic E-state index is 4.67. The van der Waals surface area contributed by atoms with E-state index in [4.69, 9.17) is 0 Å². The number of thiazole rings is 1. The molecule has 0 saturated heterocycles. The molecule has 188 valence electrons. The zero-order chi connectivity index (χ0) is 25.7. The van der Waals surface area contributed by atoms with E-state index in [1.807, 2.05) is 62.6 Å². The number of anilines is 1. The Morgan fingerprint density at radius 3 is 1.92 bits per heavy atom. The smallest absolute Gasteiger partial charge is 0.231 e. The number of nitrogens with zero attached hydrogens (tertiary/aromatic N) is 6. The van der Waals surface area contributed by atoms with Crippen molar-refractivity contribution in [3.63, 3.8) is 0 Å². The number of azo groups is 2. The summed E-state index contributed by atoms with van der Waals surface area (Å²) in [6.45, 7) is 9.31. The first-order chi connectivity index (χ1) is 17.1. The largest absolute Gasteiger partial charge is 0.378 e. The molecule has 0 fully saturated rings. The molecule has 8 heteroatoms. The van der Waals surface area contributed by atoms with E-state index in [0.717, 1.165) is 39.9 Å². The predicted octanol–water partition coefficient (Wildman–Crippen LogP) is 10.3. The van der Waals surface area contributed by atoms with Gasteiger partial charge in [0.05, 0.1) is 21.8 Å². The zero-order valence-electron chi connectivity index (χ0n) is 21.9. The van der Waals surface area contributed by atoms with Crippen molar-refractivity contribution in [1.82, 2.24) is 4.98 Å². The van der Waals surface area contributed by atoms with Gasteiger partial charge in [0.1, 0.15) is 4.83 Å². The zero-order valence-corrected chi connectivity index (χ0v) is 23.5. The van der Waals surface area contributed by atoms with Gasteiger partial charge in [-0.15, -0.1) is 21.6 Å². The number of aryl methyl sites for hydroxylation is 1. The molecule has 0 aliphatic carbocycles.